The number of ether oxygens (including phenoxy) is 1. The summed E-state index contributed by atoms with van der Waals surface area (Å²) < 4.78 is 5.71. The van der Waals surface area contributed by atoms with Crippen LogP contribution in [0.3, 0.4) is 0 Å². The molecule has 0 amide bonds. The van der Waals surface area contributed by atoms with Gasteiger partial charge in [0.1, 0.15) is 12.1 Å². The van der Waals surface area contributed by atoms with E-state index in [-0.39, 0.29) is 0 Å². The maximum atomic E-state index is 5.71. The van der Waals surface area contributed by atoms with E-state index in [0.717, 1.165) is 31.8 Å². The third-order valence-electron chi connectivity index (χ3n) is 3.65. The first-order valence-corrected chi connectivity index (χ1v) is 6.62. The molecule has 1 N–H and O–H groups in total. The number of hydrogen-bond donors (Lipinski definition) is 1. The Bertz CT molecular complexity index is 388. The van der Waals surface area contributed by atoms with E-state index in [1.54, 1.807) is 6.33 Å². The maximum Gasteiger partial charge on any atom is 0.132 e. The lowest BCUT2D eigenvalue weighted by molar-refractivity contribution is 0.0247. The molecule has 1 fully saturated rings. The first kappa shape index (κ1) is 11.0. The fourth-order valence-corrected chi connectivity index (χ4v) is 2.69. The number of aryl methyl sites for hydroxylation is 1. The first-order chi connectivity index (χ1) is 8.43. The van der Waals surface area contributed by atoms with Crippen LogP contribution in [0.4, 0.5) is 5.82 Å². The van der Waals surface area contributed by atoms with Crippen molar-refractivity contribution in [2.75, 3.05) is 18.5 Å². The topological polar surface area (TPSA) is 47.0 Å². The minimum Gasteiger partial charge on any atom is -0.376 e. The van der Waals surface area contributed by atoms with Gasteiger partial charge >= 0.3 is 0 Å². The molecular weight excluding hydrogens is 214 g/mol. The highest BCUT2D eigenvalue weighted by Gasteiger charge is 2.18. The Morgan fingerprint density at radius 2 is 2.24 bits per heavy atom. The molecule has 1 aliphatic heterocycles. The molecule has 4 heteroatoms. The summed E-state index contributed by atoms with van der Waals surface area (Å²) in [5, 5.41) is 3.44. The van der Waals surface area contributed by atoms with E-state index in [0.29, 0.717) is 6.10 Å². The minimum absolute atomic E-state index is 0.357. The van der Waals surface area contributed by atoms with Crippen LogP contribution in [0, 0.1) is 0 Å². The van der Waals surface area contributed by atoms with Gasteiger partial charge in [-0.1, -0.05) is 0 Å². The Kier molecular flexibility index (Phi) is 3.22. The summed E-state index contributed by atoms with van der Waals surface area (Å²) in [4.78, 5) is 8.69. The van der Waals surface area contributed by atoms with E-state index in [1.165, 1.54) is 36.9 Å². The fourth-order valence-electron chi connectivity index (χ4n) is 2.69. The van der Waals surface area contributed by atoms with Crippen LogP contribution < -0.4 is 5.32 Å². The number of anilines is 1. The minimum atomic E-state index is 0.357. The van der Waals surface area contributed by atoms with E-state index < -0.39 is 0 Å². The van der Waals surface area contributed by atoms with Crippen molar-refractivity contribution in [3.05, 3.63) is 17.6 Å². The number of rotatable bonds is 3. The predicted octanol–water partition coefficient (Wildman–Crippen LogP) is 1.95. The second kappa shape index (κ2) is 5.00. The summed E-state index contributed by atoms with van der Waals surface area (Å²) in [7, 11) is 0. The SMILES string of the molecule is c1nc2c(c(NCC3CCCCO3)n1)CCC2. The summed E-state index contributed by atoms with van der Waals surface area (Å²) >= 11 is 0. The maximum absolute atomic E-state index is 5.71. The Hall–Kier alpha value is -1.16. The number of nitrogens with one attached hydrogen (secondary N) is 1. The molecule has 2 heterocycles. The molecule has 1 unspecified atom stereocenters. The highest BCUT2D eigenvalue weighted by Crippen LogP contribution is 2.25. The Morgan fingerprint density at radius 1 is 1.24 bits per heavy atom. The molecule has 1 saturated heterocycles. The van der Waals surface area contributed by atoms with Crippen molar-refractivity contribution >= 4 is 5.82 Å². The number of aromatic nitrogens is 2. The molecule has 2 aliphatic rings. The molecule has 0 spiro atoms. The van der Waals surface area contributed by atoms with Gasteiger partial charge < -0.3 is 10.1 Å². The normalized spacial score (nSPS) is 23.4. The summed E-state index contributed by atoms with van der Waals surface area (Å²) in [6.07, 6.45) is 9.12. The summed E-state index contributed by atoms with van der Waals surface area (Å²) in [5.41, 5.74) is 2.55. The van der Waals surface area contributed by atoms with Gasteiger partial charge in [0.2, 0.25) is 0 Å². The van der Waals surface area contributed by atoms with Crippen LogP contribution >= 0.6 is 0 Å². The smallest absolute Gasteiger partial charge is 0.132 e. The van der Waals surface area contributed by atoms with Crippen LogP contribution in [-0.2, 0) is 17.6 Å². The van der Waals surface area contributed by atoms with Gasteiger partial charge in [0.05, 0.1) is 6.10 Å². The second-order valence-electron chi connectivity index (χ2n) is 4.87. The summed E-state index contributed by atoms with van der Waals surface area (Å²) in [6, 6.07) is 0. The average Bonchev–Trinajstić information content (AvgIpc) is 2.86. The molecule has 1 aromatic heterocycles. The van der Waals surface area contributed by atoms with Crippen molar-refractivity contribution in [3.63, 3.8) is 0 Å². The van der Waals surface area contributed by atoms with E-state index in [1.807, 2.05) is 0 Å². The van der Waals surface area contributed by atoms with Crippen molar-refractivity contribution in [2.24, 2.45) is 0 Å². The molecule has 1 aromatic rings. The third kappa shape index (κ3) is 2.41. The van der Waals surface area contributed by atoms with Crippen LogP contribution in [0.15, 0.2) is 6.33 Å². The Morgan fingerprint density at radius 3 is 3.12 bits per heavy atom. The summed E-state index contributed by atoms with van der Waals surface area (Å²) in [6.45, 7) is 1.79. The number of hydrogen-bond acceptors (Lipinski definition) is 4. The van der Waals surface area contributed by atoms with Gasteiger partial charge in [-0.25, -0.2) is 9.97 Å². The monoisotopic (exact) mass is 233 g/mol. The van der Waals surface area contributed by atoms with Gasteiger partial charge in [-0.2, -0.15) is 0 Å². The largest absolute Gasteiger partial charge is 0.376 e. The van der Waals surface area contributed by atoms with Crippen molar-refractivity contribution in [3.8, 4) is 0 Å². The molecule has 0 bridgehead atoms. The predicted molar refractivity (Wildman–Crippen MR) is 66.1 cm³/mol. The van der Waals surface area contributed by atoms with Gasteiger partial charge in [-0.05, 0) is 38.5 Å². The molecule has 1 atom stereocenters. The lowest BCUT2D eigenvalue weighted by Crippen LogP contribution is -2.27. The zero-order chi connectivity index (χ0) is 11.5. The van der Waals surface area contributed by atoms with E-state index in [4.69, 9.17) is 4.74 Å². The van der Waals surface area contributed by atoms with Crippen LogP contribution in [-0.4, -0.2) is 29.2 Å². The highest BCUT2D eigenvalue weighted by molar-refractivity contribution is 5.47. The molecule has 1 aliphatic carbocycles. The van der Waals surface area contributed by atoms with Crippen LogP contribution in [0.1, 0.15) is 36.9 Å². The van der Waals surface area contributed by atoms with Crippen molar-refractivity contribution < 1.29 is 4.74 Å². The second-order valence-corrected chi connectivity index (χ2v) is 4.87. The standard InChI is InChI=1S/C13H19N3O/c1-2-7-17-10(4-1)8-14-13-11-5-3-6-12(11)15-9-16-13/h9-10H,1-8H2,(H,14,15,16). The zero-order valence-corrected chi connectivity index (χ0v) is 10.1. The van der Waals surface area contributed by atoms with Crippen LogP contribution in [0.5, 0.6) is 0 Å². The molecule has 4 nitrogen and oxygen atoms in total. The van der Waals surface area contributed by atoms with E-state index >= 15 is 0 Å². The molecule has 17 heavy (non-hydrogen) atoms. The lowest BCUT2D eigenvalue weighted by Gasteiger charge is -2.23. The van der Waals surface area contributed by atoms with Crippen LogP contribution in [0.2, 0.25) is 0 Å². The molecule has 0 aromatic carbocycles. The van der Waals surface area contributed by atoms with Gasteiger partial charge in [0, 0.05) is 24.4 Å². The fraction of sp³-hybridized carbons (Fsp3) is 0.692. The van der Waals surface area contributed by atoms with Crippen LogP contribution in [0.25, 0.3) is 0 Å². The van der Waals surface area contributed by atoms with Gasteiger partial charge in [-0.15, -0.1) is 0 Å². The average molecular weight is 233 g/mol. The third-order valence-corrected chi connectivity index (χ3v) is 3.65. The molecule has 3 rings (SSSR count). The number of nitrogens with zero attached hydrogens (tertiary/aromatic N) is 2. The van der Waals surface area contributed by atoms with Gasteiger partial charge in [0.15, 0.2) is 0 Å². The highest BCUT2D eigenvalue weighted by atomic mass is 16.5. The molecule has 0 radical (unpaired) electrons. The van der Waals surface area contributed by atoms with E-state index in [9.17, 15) is 0 Å². The van der Waals surface area contributed by atoms with Gasteiger partial charge in [-0.3, -0.25) is 0 Å². The van der Waals surface area contributed by atoms with Crippen molar-refractivity contribution in [1.82, 2.24) is 9.97 Å². The van der Waals surface area contributed by atoms with E-state index in [2.05, 4.69) is 15.3 Å². The first-order valence-electron chi connectivity index (χ1n) is 6.62. The summed E-state index contributed by atoms with van der Waals surface area (Å²) in [5.74, 6) is 1.03. The van der Waals surface area contributed by atoms with Gasteiger partial charge in [0.25, 0.3) is 0 Å². The Balaban J connectivity index is 1.63. The Labute approximate surface area is 102 Å². The number of fused-ring (bicyclic) bond motifs is 1. The zero-order valence-electron chi connectivity index (χ0n) is 10.1. The van der Waals surface area contributed by atoms with Crippen molar-refractivity contribution in [2.45, 2.75) is 44.6 Å². The lowest BCUT2D eigenvalue weighted by atomic mass is 10.1. The molecular formula is C13H19N3O. The van der Waals surface area contributed by atoms with Crippen molar-refractivity contribution in [1.29, 1.82) is 0 Å². The molecule has 92 valence electrons. The molecule has 0 saturated carbocycles. The quantitative estimate of drug-likeness (QED) is 0.866.